The molecule has 0 aliphatic carbocycles. The van der Waals surface area contributed by atoms with E-state index in [1.807, 2.05) is 35.2 Å². The molecule has 1 saturated heterocycles. The highest BCUT2D eigenvalue weighted by atomic mass is 32.2. The number of thioether (sulfide) groups is 1. The predicted octanol–water partition coefficient (Wildman–Crippen LogP) is 3.18. The highest BCUT2D eigenvalue weighted by Crippen LogP contribution is 2.26. The Labute approximate surface area is 171 Å². The number of hydrogen-bond donors (Lipinski definition) is 1. The van der Waals surface area contributed by atoms with Gasteiger partial charge < -0.3 is 19.5 Å². The van der Waals surface area contributed by atoms with Crippen LogP contribution < -0.4 is 10.2 Å². The van der Waals surface area contributed by atoms with E-state index in [1.54, 1.807) is 6.26 Å². The van der Waals surface area contributed by atoms with E-state index >= 15 is 0 Å². The number of carbonyl (C=O) groups excluding carboxylic acids is 1. The first-order valence-corrected chi connectivity index (χ1v) is 10.9. The molecule has 1 aliphatic heterocycles. The Hall–Kier alpha value is -2.52. The van der Waals surface area contributed by atoms with Crippen molar-refractivity contribution in [1.29, 1.82) is 0 Å². The van der Waals surface area contributed by atoms with E-state index in [4.69, 9.17) is 4.42 Å². The molecule has 0 atom stereocenters. The minimum absolute atomic E-state index is 0.151. The van der Waals surface area contributed by atoms with Gasteiger partial charge in [0, 0.05) is 31.9 Å². The predicted molar refractivity (Wildman–Crippen MR) is 112 cm³/mol. The fraction of sp³-hybridized carbons (Fsp3) is 0.316. The lowest BCUT2D eigenvalue weighted by Crippen LogP contribution is -2.49. The van der Waals surface area contributed by atoms with E-state index in [1.165, 1.54) is 28.8 Å². The number of aromatic nitrogens is 2. The highest BCUT2D eigenvalue weighted by molar-refractivity contribution is 8.01. The summed E-state index contributed by atoms with van der Waals surface area (Å²) in [5, 5.41) is 12.2. The third kappa shape index (κ3) is 4.85. The summed E-state index contributed by atoms with van der Waals surface area (Å²) in [5.41, 5.74) is 1.22. The van der Waals surface area contributed by atoms with Crippen molar-refractivity contribution < 1.29 is 9.21 Å². The fourth-order valence-electron chi connectivity index (χ4n) is 2.98. The molecule has 1 fully saturated rings. The molecule has 2 aromatic heterocycles. The molecule has 0 saturated carbocycles. The SMILES string of the molecule is O=C(CSc1nnc(NCc2ccco2)s1)N1CCN(c2ccccc2)CC1. The van der Waals surface area contributed by atoms with Gasteiger partial charge in [0.05, 0.1) is 18.6 Å². The maximum absolute atomic E-state index is 12.5. The number of rotatable bonds is 7. The van der Waals surface area contributed by atoms with Crippen molar-refractivity contribution in [3.8, 4) is 0 Å². The van der Waals surface area contributed by atoms with Gasteiger partial charge in [-0.15, -0.1) is 10.2 Å². The molecule has 9 heteroatoms. The number of carbonyl (C=O) groups is 1. The standard InChI is InChI=1S/C19H21N5O2S2/c25-17(24-10-8-23(9-11-24)15-5-2-1-3-6-15)14-27-19-22-21-18(28-19)20-13-16-7-4-12-26-16/h1-7,12H,8-11,13-14H2,(H,20,21). The molecule has 3 heterocycles. The van der Waals surface area contributed by atoms with Crippen molar-refractivity contribution in [2.24, 2.45) is 0 Å². The van der Waals surface area contributed by atoms with Gasteiger partial charge >= 0.3 is 0 Å². The van der Waals surface area contributed by atoms with Crippen LogP contribution in [0.3, 0.4) is 0 Å². The molecule has 0 bridgehead atoms. The number of piperazine rings is 1. The Bertz CT molecular complexity index is 877. The topological polar surface area (TPSA) is 74.5 Å². The average Bonchev–Trinajstić information content (AvgIpc) is 3.43. The Morgan fingerprint density at radius 2 is 1.93 bits per heavy atom. The molecular weight excluding hydrogens is 394 g/mol. The summed E-state index contributed by atoms with van der Waals surface area (Å²) in [5.74, 6) is 1.38. The van der Waals surface area contributed by atoms with Crippen molar-refractivity contribution in [3.05, 3.63) is 54.5 Å². The summed E-state index contributed by atoms with van der Waals surface area (Å²) < 4.78 is 6.07. The van der Waals surface area contributed by atoms with Gasteiger partial charge in [-0.05, 0) is 24.3 Å². The molecule has 1 aromatic carbocycles. The van der Waals surface area contributed by atoms with Gasteiger partial charge in [0.2, 0.25) is 11.0 Å². The quantitative estimate of drug-likeness (QED) is 0.594. The van der Waals surface area contributed by atoms with Gasteiger partial charge in [-0.1, -0.05) is 41.3 Å². The maximum atomic E-state index is 12.5. The minimum atomic E-state index is 0.151. The van der Waals surface area contributed by atoms with Gasteiger partial charge in [-0.3, -0.25) is 4.79 Å². The normalized spacial score (nSPS) is 14.3. The van der Waals surface area contributed by atoms with Crippen molar-refractivity contribution in [1.82, 2.24) is 15.1 Å². The van der Waals surface area contributed by atoms with Gasteiger partial charge in [0.1, 0.15) is 5.76 Å². The van der Waals surface area contributed by atoms with Crippen LogP contribution in [0.2, 0.25) is 0 Å². The zero-order chi connectivity index (χ0) is 19.2. The number of hydrogen-bond acceptors (Lipinski definition) is 8. The second-order valence-corrected chi connectivity index (χ2v) is 8.50. The molecular formula is C19H21N5O2S2. The monoisotopic (exact) mass is 415 g/mol. The molecule has 0 spiro atoms. The number of amides is 1. The first-order valence-electron chi connectivity index (χ1n) is 9.08. The lowest BCUT2D eigenvalue weighted by atomic mass is 10.2. The van der Waals surface area contributed by atoms with E-state index in [0.29, 0.717) is 12.3 Å². The summed E-state index contributed by atoms with van der Waals surface area (Å²) in [7, 11) is 0. The van der Waals surface area contributed by atoms with Crippen LogP contribution in [0, 0.1) is 0 Å². The first kappa shape index (κ1) is 18.8. The lowest BCUT2D eigenvalue weighted by molar-refractivity contribution is -0.128. The largest absolute Gasteiger partial charge is 0.467 e. The van der Waals surface area contributed by atoms with Gasteiger partial charge in [0.15, 0.2) is 4.34 Å². The summed E-state index contributed by atoms with van der Waals surface area (Å²) in [6.45, 7) is 3.79. The molecule has 1 amide bonds. The van der Waals surface area contributed by atoms with E-state index < -0.39 is 0 Å². The second kappa shape index (κ2) is 9.11. The Morgan fingerprint density at radius 1 is 1.11 bits per heavy atom. The van der Waals surface area contributed by atoms with Crippen LogP contribution >= 0.6 is 23.1 Å². The number of nitrogens with zero attached hydrogens (tertiary/aromatic N) is 4. The van der Waals surface area contributed by atoms with Crippen molar-refractivity contribution in [2.75, 3.05) is 42.1 Å². The summed E-state index contributed by atoms with van der Waals surface area (Å²) in [6.07, 6.45) is 1.64. The van der Waals surface area contributed by atoms with Crippen LogP contribution in [0.5, 0.6) is 0 Å². The van der Waals surface area contributed by atoms with Crippen LogP contribution in [0.4, 0.5) is 10.8 Å². The summed E-state index contributed by atoms with van der Waals surface area (Å²) >= 11 is 2.89. The number of furan rings is 1. The summed E-state index contributed by atoms with van der Waals surface area (Å²) in [6, 6.07) is 14.1. The molecule has 0 radical (unpaired) electrons. The molecule has 28 heavy (non-hydrogen) atoms. The van der Waals surface area contributed by atoms with Crippen molar-refractivity contribution in [3.63, 3.8) is 0 Å². The minimum Gasteiger partial charge on any atom is -0.467 e. The Morgan fingerprint density at radius 3 is 2.68 bits per heavy atom. The molecule has 1 N–H and O–H groups in total. The second-order valence-electron chi connectivity index (χ2n) is 6.30. The van der Waals surface area contributed by atoms with Gasteiger partial charge in [0.25, 0.3) is 0 Å². The van der Waals surface area contributed by atoms with Crippen molar-refractivity contribution in [2.45, 2.75) is 10.9 Å². The molecule has 0 unspecified atom stereocenters. The highest BCUT2D eigenvalue weighted by Gasteiger charge is 2.21. The van der Waals surface area contributed by atoms with Crippen molar-refractivity contribution >= 4 is 39.8 Å². The van der Waals surface area contributed by atoms with Crippen LogP contribution in [-0.4, -0.2) is 52.9 Å². The Kier molecular flexibility index (Phi) is 6.13. The zero-order valence-electron chi connectivity index (χ0n) is 15.3. The average molecular weight is 416 g/mol. The maximum Gasteiger partial charge on any atom is 0.233 e. The van der Waals surface area contributed by atoms with Gasteiger partial charge in [-0.2, -0.15) is 0 Å². The van der Waals surface area contributed by atoms with Crippen LogP contribution in [0.25, 0.3) is 0 Å². The smallest absolute Gasteiger partial charge is 0.233 e. The number of para-hydroxylation sites is 1. The van der Waals surface area contributed by atoms with Crippen LogP contribution in [0.15, 0.2) is 57.5 Å². The third-order valence-electron chi connectivity index (χ3n) is 4.47. The van der Waals surface area contributed by atoms with Crippen LogP contribution in [0.1, 0.15) is 5.76 Å². The van der Waals surface area contributed by atoms with Crippen LogP contribution in [-0.2, 0) is 11.3 Å². The molecule has 4 rings (SSSR count). The van der Waals surface area contributed by atoms with E-state index in [0.717, 1.165) is 41.4 Å². The molecule has 146 valence electrons. The number of benzene rings is 1. The Balaban J connectivity index is 1.21. The fourth-order valence-corrected chi connectivity index (χ4v) is 4.63. The molecule has 1 aliphatic rings. The van der Waals surface area contributed by atoms with E-state index in [2.05, 4.69) is 32.5 Å². The molecule has 3 aromatic rings. The first-order chi connectivity index (χ1) is 13.8. The lowest BCUT2D eigenvalue weighted by Gasteiger charge is -2.36. The van der Waals surface area contributed by atoms with E-state index in [9.17, 15) is 4.79 Å². The number of anilines is 2. The third-order valence-corrected chi connectivity index (χ3v) is 6.47. The molecule has 7 nitrogen and oxygen atoms in total. The van der Waals surface area contributed by atoms with E-state index in [-0.39, 0.29) is 5.91 Å². The van der Waals surface area contributed by atoms with Gasteiger partial charge in [-0.25, -0.2) is 0 Å². The number of nitrogens with one attached hydrogen (secondary N) is 1. The summed E-state index contributed by atoms with van der Waals surface area (Å²) in [4.78, 5) is 16.8. The zero-order valence-corrected chi connectivity index (χ0v) is 16.9.